The monoisotopic (exact) mass is 325 g/mol. The molecule has 24 heavy (non-hydrogen) atoms. The molecule has 2 fully saturated rings. The van der Waals surface area contributed by atoms with Crippen LogP contribution in [0.2, 0.25) is 0 Å². The Morgan fingerprint density at radius 1 is 1.29 bits per heavy atom. The van der Waals surface area contributed by atoms with Gasteiger partial charge >= 0.3 is 0 Å². The third-order valence-electron chi connectivity index (χ3n) is 5.24. The van der Waals surface area contributed by atoms with Crippen molar-refractivity contribution in [3.63, 3.8) is 0 Å². The van der Waals surface area contributed by atoms with Crippen molar-refractivity contribution in [1.29, 1.82) is 0 Å². The molecule has 0 N–H and O–H groups in total. The number of nitrogens with zero attached hydrogens (tertiary/aromatic N) is 3. The number of hydrogen-bond donors (Lipinski definition) is 0. The first-order chi connectivity index (χ1) is 11.7. The Kier molecular flexibility index (Phi) is 4.10. The number of hydrogen-bond acceptors (Lipinski definition) is 4. The van der Waals surface area contributed by atoms with Crippen molar-refractivity contribution in [3.05, 3.63) is 36.5 Å². The Hall–Kier alpha value is -2.14. The molecule has 3 heterocycles. The second-order valence-electron chi connectivity index (χ2n) is 6.89. The molecule has 2 aliphatic rings. The van der Waals surface area contributed by atoms with Crippen LogP contribution in [0.5, 0.6) is 5.75 Å². The molecule has 2 aliphatic heterocycles. The number of para-hydroxylation sites is 1. The summed E-state index contributed by atoms with van der Waals surface area (Å²) in [6.07, 6.45) is 4.05. The van der Waals surface area contributed by atoms with Crippen molar-refractivity contribution < 1.29 is 9.53 Å². The molecule has 0 spiro atoms. The van der Waals surface area contributed by atoms with Gasteiger partial charge in [0.05, 0.1) is 5.52 Å². The number of rotatable bonds is 3. The highest BCUT2D eigenvalue weighted by Crippen LogP contribution is 2.30. The summed E-state index contributed by atoms with van der Waals surface area (Å²) in [5.41, 5.74) is 0.887. The van der Waals surface area contributed by atoms with Gasteiger partial charge in [-0.15, -0.1) is 0 Å². The van der Waals surface area contributed by atoms with Gasteiger partial charge in [0.1, 0.15) is 5.75 Å². The van der Waals surface area contributed by atoms with E-state index in [1.165, 1.54) is 6.42 Å². The second kappa shape index (κ2) is 6.40. The Balaban J connectivity index is 1.46. The minimum absolute atomic E-state index is 0.0980. The van der Waals surface area contributed by atoms with Crippen LogP contribution >= 0.6 is 0 Å². The van der Waals surface area contributed by atoms with Gasteiger partial charge in [0.25, 0.3) is 5.91 Å². The van der Waals surface area contributed by atoms with Gasteiger partial charge in [-0.3, -0.25) is 9.78 Å². The van der Waals surface area contributed by atoms with Gasteiger partial charge in [-0.25, -0.2) is 0 Å². The van der Waals surface area contributed by atoms with E-state index in [0.717, 1.165) is 42.7 Å². The van der Waals surface area contributed by atoms with Crippen LogP contribution in [0.15, 0.2) is 36.5 Å². The molecule has 2 unspecified atom stereocenters. The van der Waals surface area contributed by atoms with Crippen LogP contribution < -0.4 is 4.74 Å². The van der Waals surface area contributed by atoms with Crippen molar-refractivity contribution in [1.82, 2.24) is 14.8 Å². The summed E-state index contributed by atoms with van der Waals surface area (Å²) in [5.74, 6) is 1.45. The van der Waals surface area contributed by atoms with Gasteiger partial charge < -0.3 is 14.5 Å². The molecule has 5 heteroatoms. The van der Waals surface area contributed by atoms with E-state index in [-0.39, 0.29) is 12.5 Å². The maximum Gasteiger partial charge on any atom is 0.260 e. The van der Waals surface area contributed by atoms with Crippen LogP contribution in [0.1, 0.15) is 12.8 Å². The van der Waals surface area contributed by atoms with Gasteiger partial charge in [-0.05, 0) is 44.0 Å². The molecule has 2 aromatic rings. The highest BCUT2D eigenvalue weighted by Gasteiger charge is 2.39. The third kappa shape index (κ3) is 2.84. The van der Waals surface area contributed by atoms with E-state index in [9.17, 15) is 4.79 Å². The van der Waals surface area contributed by atoms with Crippen LogP contribution in [-0.4, -0.2) is 60.0 Å². The molecule has 1 aromatic heterocycles. The molecular formula is C19H23N3O2. The van der Waals surface area contributed by atoms with E-state index in [1.54, 1.807) is 6.20 Å². The van der Waals surface area contributed by atoms with Crippen LogP contribution in [0.4, 0.5) is 0 Å². The van der Waals surface area contributed by atoms with Gasteiger partial charge in [0, 0.05) is 37.3 Å². The zero-order valence-corrected chi connectivity index (χ0v) is 14.0. The fraction of sp³-hybridized carbons (Fsp3) is 0.474. The summed E-state index contributed by atoms with van der Waals surface area (Å²) in [5, 5.41) is 0.949. The van der Waals surface area contributed by atoms with Crippen molar-refractivity contribution >= 4 is 16.8 Å². The van der Waals surface area contributed by atoms with Gasteiger partial charge in [0.15, 0.2) is 6.61 Å². The smallest absolute Gasteiger partial charge is 0.260 e. The first-order valence-electron chi connectivity index (χ1n) is 8.67. The fourth-order valence-electron chi connectivity index (χ4n) is 4.12. The lowest BCUT2D eigenvalue weighted by molar-refractivity contribution is -0.137. The molecule has 0 saturated carbocycles. The largest absolute Gasteiger partial charge is 0.483 e. The number of likely N-dealkylation sites (N-methyl/N-ethyl adjacent to an activating group) is 1. The standard InChI is InChI=1S/C19H23N3O2/c1-21-11-14-5-4-10-22(17(14)12-21)19(23)13-24-18-8-9-20-16-7-3-2-6-15(16)18/h2-3,6-9,14,17H,4-5,10-13H2,1H3. The zero-order valence-electron chi connectivity index (χ0n) is 14.0. The van der Waals surface area contributed by atoms with Gasteiger partial charge in [0.2, 0.25) is 0 Å². The number of amides is 1. The number of pyridine rings is 1. The Morgan fingerprint density at radius 3 is 3.08 bits per heavy atom. The van der Waals surface area contributed by atoms with Crippen LogP contribution in [-0.2, 0) is 4.79 Å². The van der Waals surface area contributed by atoms with E-state index < -0.39 is 0 Å². The first kappa shape index (κ1) is 15.4. The van der Waals surface area contributed by atoms with E-state index >= 15 is 0 Å². The predicted molar refractivity (Wildman–Crippen MR) is 93.0 cm³/mol. The molecular weight excluding hydrogens is 302 g/mol. The maximum absolute atomic E-state index is 12.7. The fourth-order valence-corrected chi connectivity index (χ4v) is 4.12. The molecule has 0 radical (unpaired) electrons. The van der Waals surface area contributed by atoms with Gasteiger partial charge in [-0.2, -0.15) is 0 Å². The number of piperidine rings is 1. The van der Waals surface area contributed by atoms with Crippen molar-refractivity contribution in [2.45, 2.75) is 18.9 Å². The highest BCUT2D eigenvalue weighted by atomic mass is 16.5. The van der Waals surface area contributed by atoms with Crippen molar-refractivity contribution in [2.75, 3.05) is 33.3 Å². The lowest BCUT2D eigenvalue weighted by Gasteiger charge is -2.37. The minimum atomic E-state index is 0.0980. The molecule has 2 atom stereocenters. The Bertz CT molecular complexity index is 743. The second-order valence-corrected chi connectivity index (χ2v) is 6.89. The molecule has 0 aliphatic carbocycles. The molecule has 1 aromatic carbocycles. The average Bonchev–Trinajstić information content (AvgIpc) is 2.99. The molecule has 4 rings (SSSR count). The van der Waals surface area contributed by atoms with E-state index in [2.05, 4.69) is 16.9 Å². The summed E-state index contributed by atoms with van der Waals surface area (Å²) in [6.45, 7) is 3.04. The average molecular weight is 325 g/mol. The third-order valence-corrected chi connectivity index (χ3v) is 5.24. The molecule has 126 valence electrons. The lowest BCUT2D eigenvalue weighted by Crippen LogP contribution is -2.50. The summed E-state index contributed by atoms with van der Waals surface area (Å²) >= 11 is 0. The normalized spacial score (nSPS) is 24.1. The summed E-state index contributed by atoms with van der Waals surface area (Å²) in [6, 6.07) is 10.0. The number of aromatic nitrogens is 1. The van der Waals surface area contributed by atoms with Crippen LogP contribution in [0, 0.1) is 5.92 Å². The Labute approximate surface area is 142 Å². The molecule has 2 saturated heterocycles. The molecule has 5 nitrogen and oxygen atoms in total. The van der Waals surface area contributed by atoms with Crippen molar-refractivity contribution in [2.24, 2.45) is 5.92 Å². The van der Waals surface area contributed by atoms with Crippen LogP contribution in [0.25, 0.3) is 10.9 Å². The quantitative estimate of drug-likeness (QED) is 0.868. The number of ether oxygens (including phenoxy) is 1. The van der Waals surface area contributed by atoms with Crippen LogP contribution in [0.3, 0.4) is 0 Å². The number of fused-ring (bicyclic) bond motifs is 2. The molecule has 0 bridgehead atoms. The zero-order chi connectivity index (χ0) is 16.5. The lowest BCUT2D eigenvalue weighted by atomic mass is 9.92. The highest BCUT2D eigenvalue weighted by molar-refractivity contribution is 5.85. The maximum atomic E-state index is 12.7. The Morgan fingerprint density at radius 2 is 2.17 bits per heavy atom. The van der Waals surface area contributed by atoms with E-state index in [4.69, 9.17) is 4.74 Å². The minimum Gasteiger partial charge on any atom is -0.483 e. The van der Waals surface area contributed by atoms with E-state index in [1.807, 2.05) is 35.2 Å². The number of benzene rings is 1. The number of carbonyl (C=O) groups excluding carboxylic acids is 1. The van der Waals surface area contributed by atoms with Gasteiger partial charge in [-0.1, -0.05) is 12.1 Å². The van der Waals surface area contributed by atoms with Crippen molar-refractivity contribution in [3.8, 4) is 5.75 Å². The summed E-state index contributed by atoms with van der Waals surface area (Å²) in [7, 11) is 2.14. The number of carbonyl (C=O) groups is 1. The number of likely N-dealkylation sites (tertiary alicyclic amines) is 2. The molecule has 1 amide bonds. The first-order valence-corrected chi connectivity index (χ1v) is 8.67. The SMILES string of the molecule is CN1CC2CCCN(C(=O)COc3ccnc4ccccc34)C2C1. The summed E-state index contributed by atoms with van der Waals surface area (Å²) in [4.78, 5) is 21.4. The summed E-state index contributed by atoms with van der Waals surface area (Å²) < 4.78 is 5.86. The predicted octanol–water partition coefficient (Wildman–Crippen LogP) is 2.17. The van der Waals surface area contributed by atoms with E-state index in [0.29, 0.717) is 12.0 Å². The topological polar surface area (TPSA) is 45.7 Å².